The molecule has 0 spiro atoms. The molecule has 2 heterocycles. The number of aryl methyl sites for hydroxylation is 1. The van der Waals surface area contributed by atoms with Crippen LogP contribution in [0.3, 0.4) is 0 Å². The zero-order chi connectivity index (χ0) is 20.1. The molecule has 0 aliphatic carbocycles. The van der Waals surface area contributed by atoms with Crippen LogP contribution in [0, 0.1) is 12.3 Å². The number of rotatable bonds is 2. The van der Waals surface area contributed by atoms with E-state index in [0.717, 1.165) is 10.2 Å². The molecule has 6 heteroatoms. The third-order valence-electron chi connectivity index (χ3n) is 4.37. The van der Waals surface area contributed by atoms with Crippen molar-refractivity contribution in [3.63, 3.8) is 0 Å². The number of carbonyl (C=O) groups excluding carboxylic acids is 1. The minimum absolute atomic E-state index is 0.147. The maximum atomic E-state index is 13.1. The molecule has 0 saturated heterocycles. The van der Waals surface area contributed by atoms with E-state index in [4.69, 9.17) is 9.15 Å². The summed E-state index contributed by atoms with van der Waals surface area (Å²) in [6.07, 6.45) is 0. The van der Waals surface area contributed by atoms with Crippen molar-refractivity contribution in [2.75, 3.05) is 0 Å². The summed E-state index contributed by atoms with van der Waals surface area (Å²) in [5.41, 5.74) is 0.930. The van der Waals surface area contributed by atoms with Crippen LogP contribution in [-0.2, 0) is 4.79 Å². The predicted molar refractivity (Wildman–Crippen MR) is 111 cm³/mol. The average Bonchev–Trinajstić information content (AvgIpc) is 3.04. The lowest BCUT2D eigenvalue weighted by Crippen LogP contribution is -2.25. The van der Waals surface area contributed by atoms with Gasteiger partial charge in [0.25, 0.3) is 0 Å². The van der Waals surface area contributed by atoms with Crippen LogP contribution in [0.5, 0.6) is 5.75 Å². The summed E-state index contributed by atoms with van der Waals surface area (Å²) in [6, 6.07) is 12.6. The number of nitrogens with zero attached hydrogens (tertiary/aromatic N) is 1. The SMILES string of the molecule is Cc1oc2cc(OC(=O)C(C)(C)C)ccc2c(=O)c1-c1nc2ccccc2s1. The fourth-order valence-electron chi connectivity index (χ4n) is 2.84. The first kappa shape index (κ1) is 18.4. The lowest BCUT2D eigenvalue weighted by atomic mass is 9.97. The minimum atomic E-state index is -0.623. The molecule has 2 aromatic heterocycles. The first-order valence-electron chi connectivity index (χ1n) is 8.90. The van der Waals surface area contributed by atoms with Crippen LogP contribution in [-0.4, -0.2) is 11.0 Å². The highest BCUT2D eigenvalue weighted by molar-refractivity contribution is 7.21. The summed E-state index contributed by atoms with van der Waals surface area (Å²) < 4.78 is 12.3. The number of ether oxygens (including phenoxy) is 1. The zero-order valence-corrected chi connectivity index (χ0v) is 16.8. The molecule has 0 bridgehead atoms. The van der Waals surface area contributed by atoms with Crippen molar-refractivity contribution in [3.8, 4) is 16.3 Å². The molecule has 0 unspecified atom stereocenters. The van der Waals surface area contributed by atoms with E-state index < -0.39 is 5.41 Å². The van der Waals surface area contributed by atoms with Gasteiger partial charge in [-0.05, 0) is 52.0 Å². The molecule has 0 N–H and O–H groups in total. The van der Waals surface area contributed by atoms with Crippen molar-refractivity contribution in [2.24, 2.45) is 5.41 Å². The highest BCUT2D eigenvalue weighted by Gasteiger charge is 2.24. The molecular weight excluding hydrogens is 374 g/mol. The first-order chi connectivity index (χ1) is 13.2. The second-order valence-corrected chi connectivity index (χ2v) is 8.68. The smallest absolute Gasteiger partial charge is 0.316 e. The monoisotopic (exact) mass is 393 g/mol. The Bertz CT molecular complexity index is 1240. The standard InChI is InChI=1S/C22H19NO4S/c1-12-18(20-23-15-7-5-6-8-17(15)28-20)19(24)14-10-9-13(11-16(14)26-12)27-21(25)22(2,3)4/h5-11H,1-4H3. The Morgan fingerprint density at radius 2 is 1.89 bits per heavy atom. The normalized spacial score (nSPS) is 11.9. The number of carbonyl (C=O) groups is 1. The average molecular weight is 393 g/mol. The Hall–Kier alpha value is -2.99. The molecule has 0 aliphatic heterocycles. The second kappa shape index (κ2) is 6.56. The van der Waals surface area contributed by atoms with E-state index in [1.54, 1.807) is 45.9 Å². The largest absolute Gasteiger partial charge is 0.460 e. The van der Waals surface area contributed by atoms with Crippen LogP contribution in [0.4, 0.5) is 0 Å². The summed E-state index contributed by atoms with van der Waals surface area (Å²) in [4.78, 5) is 29.8. The Morgan fingerprint density at radius 1 is 1.14 bits per heavy atom. The molecule has 0 radical (unpaired) electrons. The lowest BCUT2D eigenvalue weighted by molar-refractivity contribution is -0.142. The van der Waals surface area contributed by atoms with Gasteiger partial charge in [-0.15, -0.1) is 11.3 Å². The molecule has 4 rings (SSSR count). The number of thiazole rings is 1. The minimum Gasteiger partial charge on any atom is -0.460 e. The number of benzene rings is 2. The van der Waals surface area contributed by atoms with Crippen LogP contribution >= 0.6 is 11.3 Å². The maximum absolute atomic E-state index is 13.1. The second-order valence-electron chi connectivity index (χ2n) is 7.65. The van der Waals surface area contributed by atoms with Crippen LogP contribution in [0.25, 0.3) is 31.8 Å². The molecule has 0 saturated carbocycles. The molecular formula is C22H19NO4S. The fourth-order valence-corrected chi connectivity index (χ4v) is 3.89. The summed E-state index contributed by atoms with van der Waals surface area (Å²) in [5, 5.41) is 1.06. The van der Waals surface area contributed by atoms with Crippen molar-refractivity contribution in [1.29, 1.82) is 0 Å². The van der Waals surface area contributed by atoms with Gasteiger partial charge in [0.05, 0.1) is 26.6 Å². The number of para-hydroxylation sites is 1. The maximum Gasteiger partial charge on any atom is 0.316 e. The van der Waals surface area contributed by atoms with Gasteiger partial charge < -0.3 is 9.15 Å². The lowest BCUT2D eigenvalue weighted by Gasteiger charge is -2.16. The Kier molecular flexibility index (Phi) is 4.31. The summed E-state index contributed by atoms with van der Waals surface area (Å²) in [7, 11) is 0. The van der Waals surface area contributed by atoms with Crippen LogP contribution in [0.2, 0.25) is 0 Å². The first-order valence-corrected chi connectivity index (χ1v) is 9.71. The molecule has 0 atom stereocenters. The number of esters is 1. The number of hydrogen-bond donors (Lipinski definition) is 0. The fraction of sp³-hybridized carbons (Fsp3) is 0.227. The van der Waals surface area contributed by atoms with Gasteiger partial charge in [-0.1, -0.05) is 12.1 Å². The molecule has 142 valence electrons. The van der Waals surface area contributed by atoms with Crippen molar-refractivity contribution < 1.29 is 13.9 Å². The topological polar surface area (TPSA) is 69.4 Å². The number of hydrogen-bond acceptors (Lipinski definition) is 6. The third-order valence-corrected chi connectivity index (χ3v) is 5.42. The van der Waals surface area contributed by atoms with Crippen LogP contribution in [0.15, 0.2) is 51.7 Å². The summed E-state index contributed by atoms with van der Waals surface area (Å²) in [6.45, 7) is 7.09. The molecule has 0 fully saturated rings. The predicted octanol–water partition coefficient (Wildman–Crippen LogP) is 5.33. The zero-order valence-electron chi connectivity index (χ0n) is 16.0. The van der Waals surface area contributed by atoms with Gasteiger partial charge in [0.2, 0.25) is 5.43 Å². The molecule has 2 aromatic carbocycles. The third kappa shape index (κ3) is 3.20. The van der Waals surface area contributed by atoms with E-state index in [-0.39, 0.29) is 11.4 Å². The molecule has 5 nitrogen and oxygen atoms in total. The number of fused-ring (bicyclic) bond motifs is 2. The van der Waals surface area contributed by atoms with Gasteiger partial charge >= 0.3 is 5.97 Å². The molecule has 0 amide bonds. The van der Waals surface area contributed by atoms with E-state index >= 15 is 0 Å². The summed E-state index contributed by atoms with van der Waals surface area (Å²) in [5.74, 6) is 0.482. The van der Waals surface area contributed by atoms with Crippen molar-refractivity contribution >= 4 is 38.5 Å². The van der Waals surface area contributed by atoms with Crippen molar-refractivity contribution in [1.82, 2.24) is 4.98 Å². The highest BCUT2D eigenvalue weighted by Crippen LogP contribution is 2.32. The quantitative estimate of drug-likeness (QED) is 0.340. The Balaban J connectivity index is 1.81. The van der Waals surface area contributed by atoms with Gasteiger partial charge in [0.15, 0.2) is 0 Å². The van der Waals surface area contributed by atoms with E-state index in [0.29, 0.717) is 33.1 Å². The van der Waals surface area contributed by atoms with Gasteiger partial charge in [0, 0.05) is 6.07 Å². The van der Waals surface area contributed by atoms with E-state index in [9.17, 15) is 9.59 Å². The van der Waals surface area contributed by atoms with Crippen molar-refractivity contribution in [2.45, 2.75) is 27.7 Å². The van der Waals surface area contributed by atoms with Gasteiger partial charge in [-0.3, -0.25) is 9.59 Å². The molecule has 4 aromatic rings. The van der Waals surface area contributed by atoms with E-state index in [1.807, 2.05) is 24.3 Å². The van der Waals surface area contributed by atoms with Crippen LogP contribution in [0.1, 0.15) is 26.5 Å². The Morgan fingerprint density at radius 3 is 2.61 bits per heavy atom. The van der Waals surface area contributed by atoms with E-state index in [2.05, 4.69) is 4.98 Å². The van der Waals surface area contributed by atoms with Gasteiger partial charge in [-0.25, -0.2) is 4.98 Å². The van der Waals surface area contributed by atoms with Gasteiger partial charge in [0.1, 0.15) is 22.1 Å². The Labute approximate surface area is 165 Å². The highest BCUT2D eigenvalue weighted by atomic mass is 32.1. The number of aromatic nitrogens is 1. The van der Waals surface area contributed by atoms with E-state index in [1.165, 1.54) is 11.3 Å². The molecule has 28 heavy (non-hydrogen) atoms. The van der Waals surface area contributed by atoms with Gasteiger partial charge in [-0.2, -0.15) is 0 Å². The van der Waals surface area contributed by atoms with Crippen molar-refractivity contribution in [3.05, 3.63) is 58.4 Å². The molecule has 0 aliphatic rings. The summed E-state index contributed by atoms with van der Waals surface area (Å²) >= 11 is 1.46. The van der Waals surface area contributed by atoms with Crippen LogP contribution < -0.4 is 10.2 Å².